The van der Waals surface area contributed by atoms with Crippen molar-refractivity contribution in [3.63, 3.8) is 0 Å². The number of nitrogens with zero attached hydrogens (tertiary/aromatic N) is 2. The second-order valence-electron chi connectivity index (χ2n) is 5.10. The van der Waals surface area contributed by atoms with Gasteiger partial charge in [0, 0.05) is 31.9 Å². The number of hydrogen-bond donors (Lipinski definition) is 1. The molecular formula is C14H23N3O3S. The quantitative estimate of drug-likeness (QED) is 0.797. The van der Waals surface area contributed by atoms with Gasteiger partial charge in [0.2, 0.25) is 0 Å². The van der Waals surface area contributed by atoms with Crippen LogP contribution >= 0.6 is 0 Å². The number of nitrogen functional groups attached to an aromatic ring is 1. The van der Waals surface area contributed by atoms with Crippen LogP contribution in [0.5, 0.6) is 0 Å². The zero-order valence-electron chi connectivity index (χ0n) is 12.4. The van der Waals surface area contributed by atoms with Crippen molar-refractivity contribution in [3.8, 4) is 0 Å². The highest BCUT2D eigenvalue weighted by Crippen LogP contribution is 2.17. The average molecular weight is 313 g/mol. The zero-order chi connectivity index (χ0) is 15.3. The lowest BCUT2D eigenvalue weighted by atomic mass is 10.2. The molecule has 0 spiro atoms. The summed E-state index contributed by atoms with van der Waals surface area (Å²) < 4.78 is 33.7. The number of anilines is 1. The first kappa shape index (κ1) is 16.2. The van der Waals surface area contributed by atoms with Crippen LogP contribution in [-0.4, -0.2) is 49.9 Å². The molecular weight excluding hydrogens is 290 g/mol. The molecule has 1 aliphatic heterocycles. The van der Waals surface area contributed by atoms with Crippen LogP contribution < -0.4 is 5.73 Å². The molecule has 2 N–H and O–H groups in total. The molecule has 0 bridgehead atoms. The third kappa shape index (κ3) is 4.16. The van der Waals surface area contributed by atoms with Crippen LogP contribution in [0, 0.1) is 0 Å². The minimum atomic E-state index is -3.45. The van der Waals surface area contributed by atoms with Gasteiger partial charge in [0.05, 0.1) is 13.2 Å². The maximum absolute atomic E-state index is 12.7. The molecule has 1 fully saturated rings. The van der Waals surface area contributed by atoms with Gasteiger partial charge < -0.3 is 10.5 Å². The first-order valence-corrected chi connectivity index (χ1v) is 8.61. The molecule has 2 rings (SSSR count). The van der Waals surface area contributed by atoms with Crippen molar-refractivity contribution < 1.29 is 13.2 Å². The second-order valence-corrected chi connectivity index (χ2v) is 7.03. The molecule has 0 amide bonds. The molecule has 1 aromatic rings. The summed E-state index contributed by atoms with van der Waals surface area (Å²) in [5.74, 6) is 0. The van der Waals surface area contributed by atoms with Crippen molar-refractivity contribution in [2.24, 2.45) is 0 Å². The van der Waals surface area contributed by atoms with Crippen molar-refractivity contribution in [2.45, 2.75) is 19.9 Å². The van der Waals surface area contributed by atoms with Gasteiger partial charge in [-0.1, -0.05) is 19.1 Å². The van der Waals surface area contributed by atoms with Crippen molar-refractivity contribution >= 4 is 15.9 Å². The lowest BCUT2D eigenvalue weighted by Gasteiger charge is -2.32. The van der Waals surface area contributed by atoms with E-state index < -0.39 is 10.2 Å². The van der Waals surface area contributed by atoms with E-state index in [1.807, 2.05) is 25.1 Å². The Labute approximate surface area is 126 Å². The summed E-state index contributed by atoms with van der Waals surface area (Å²) in [7, 11) is -3.45. The van der Waals surface area contributed by atoms with E-state index in [4.69, 9.17) is 10.5 Å². The number of nitrogens with two attached hydrogens (primary N) is 1. The molecule has 1 heterocycles. The Morgan fingerprint density at radius 1 is 1.33 bits per heavy atom. The number of ether oxygens (including phenoxy) is 1. The number of hydrogen-bond acceptors (Lipinski definition) is 4. The van der Waals surface area contributed by atoms with Crippen LogP contribution in [0.15, 0.2) is 24.3 Å². The molecule has 7 heteroatoms. The minimum absolute atomic E-state index is 0.346. The van der Waals surface area contributed by atoms with E-state index >= 15 is 0 Å². The summed E-state index contributed by atoms with van der Waals surface area (Å²) in [6, 6.07) is 7.35. The molecule has 6 nitrogen and oxygen atoms in total. The predicted octanol–water partition coefficient (Wildman–Crippen LogP) is 1.06. The van der Waals surface area contributed by atoms with Crippen LogP contribution in [0.2, 0.25) is 0 Å². The van der Waals surface area contributed by atoms with Gasteiger partial charge in [-0.3, -0.25) is 0 Å². The van der Waals surface area contributed by atoms with E-state index in [9.17, 15) is 8.42 Å². The van der Waals surface area contributed by atoms with Gasteiger partial charge in [-0.25, -0.2) is 0 Å². The number of morpholine rings is 1. The maximum atomic E-state index is 12.7. The Morgan fingerprint density at radius 2 is 2.05 bits per heavy atom. The molecule has 0 atom stereocenters. The fourth-order valence-electron chi connectivity index (χ4n) is 2.36. The Bertz CT molecular complexity index is 556. The summed E-state index contributed by atoms with van der Waals surface area (Å²) >= 11 is 0. The van der Waals surface area contributed by atoms with Gasteiger partial charge in [0.1, 0.15) is 0 Å². The zero-order valence-corrected chi connectivity index (χ0v) is 13.2. The summed E-state index contributed by atoms with van der Waals surface area (Å²) in [4.78, 5) is 0. The standard InChI is InChI=1S/C14H23N3O3S/c1-2-6-17(12-13-4-3-5-14(15)11-13)21(18,19)16-7-9-20-10-8-16/h3-5,11H,2,6-10,12,15H2,1H3. The fraction of sp³-hybridized carbons (Fsp3) is 0.571. The van der Waals surface area contributed by atoms with Crippen LogP contribution in [0.25, 0.3) is 0 Å². The predicted molar refractivity (Wildman–Crippen MR) is 82.9 cm³/mol. The van der Waals surface area contributed by atoms with Crippen molar-refractivity contribution in [1.82, 2.24) is 8.61 Å². The van der Waals surface area contributed by atoms with Gasteiger partial charge in [-0.2, -0.15) is 17.0 Å². The minimum Gasteiger partial charge on any atom is -0.399 e. The summed E-state index contributed by atoms with van der Waals surface area (Å²) in [6.07, 6.45) is 0.770. The number of rotatable bonds is 6. The molecule has 1 saturated heterocycles. The highest BCUT2D eigenvalue weighted by Gasteiger charge is 2.30. The highest BCUT2D eigenvalue weighted by molar-refractivity contribution is 7.86. The first-order valence-electron chi connectivity index (χ1n) is 7.21. The Kier molecular flexibility index (Phi) is 5.58. The molecule has 1 aromatic carbocycles. The van der Waals surface area contributed by atoms with Gasteiger partial charge >= 0.3 is 0 Å². The van der Waals surface area contributed by atoms with Crippen LogP contribution in [0.1, 0.15) is 18.9 Å². The summed E-state index contributed by atoms with van der Waals surface area (Å²) in [5.41, 5.74) is 7.31. The molecule has 0 aromatic heterocycles. The molecule has 0 radical (unpaired) electrons. The normalized spacial score (nSPS) is 17.2. The van der Waals surface area contributed by atoms with Crippen LogP contribution in [-0.2, 0) is 21.5 Å². The topological polar surface area (TPSA) is 75.9 Å². The molecule has 0 aliphatic carbocycles. The van der Waals surface area contributed by atoms with Gasteiger partial charge in [0.15, 0.2) is 0 Å². The van der Waals surface area contributed by atoms with Gasteiger partial charge in [-0.15, -0.1) is 0 Å². The third-order valence-electron chi connectivity index (χ3n) is 3.41. The Balaban J connectivity index is 2.17. The SMILES string of the molecule is CCCN(Cc1cccc(N)c1)S(=O)(=O)N1CCOCC1. The first-order chi connectivity index (χ1) is 10.0. The Morgan fingerprint density at radius 3 is 2.67 bits per heavy atom. The van der Waals surface area contributed by atoms with Crippen molar-refractivity contribution in [2.75, 3.05) is 38.6 Å². The summed E-state index contributed by atoms with van der Waals surface area (Å²) in [5, 5.41) is 0. The highest BCUT2D eigenvalue weighted by atomic mass is 32.2. The van der Waals surface area contributed by atoms with E-state index in [-0.39, 0.29) is 0 Å². The Hall–Kier alpha value is -1.15. The lowest BCUT2D eigenvalue weighted by molar-refractivity contribution is 0.0700. The third-order valence-corrected chi connectivity index (χ3v) is 5.39. The largest absolute Gasteiger partial charge is 0.399 e. The maximum Gasteiger partial charge on any atom is 0.282 e. The van der Waals surface area contributed by atoms with Crippen molar-refractivity contribution in [3.05, 3.63) is 29.8 Å². The number of benzene rings is 1. The average Bonchev–Trinajstić information content (AvgIpc) is 2.48. The lowest BCUT2D eigenvalue weighted by Crippen LogP contribution is -2.48. The van der Waals surface area contributed by atoms with E-state index in [0.29, 0.717) is 45.1 Å². The fourth-order valence-corrected chi connectivity index (χ4v) is 4.02. The van der Waals surface area contributed by atoms with Crippen LogP contribution in [0.4, 0.5) is 5.69 Å². The molecule has 0 saturated carbocycles. The molecule has 118 valence electrons. The molecule has 0 unspecified atom stereocenters. The van der Waals surface area contributed by atoms with Gasteiger partial charge in [0.25, 0.3) is 10.2 Å². The van der Waals surface area contributed by atoms with Crippen LogP contribution in [0.3, 0.4) is 0 Å². The van der Waals surface area contributed by atoms with E-state index in [0.717, 1.165) is 12.0 Å². The molecule has 21 heavy (non-hydrogen) atoms. The second kappa shape index (κ2) is 7.22. The van der Waals surface area contributed by atoms with E-state index in [2.05, 4.69) is 0 Å². The smallest absolute Gasteiger partial charge is 0.282 e. The summed E-state index contributed by atoms with van der Waals surface area (Å²) in [6.45, 7) is 4.56. The van der Waals surface area contributed by atoms with Gasteiger partial charge in [-0.05, 0) is 24.1 Å². The monoisotopic (exact) mass is 313 g/mol. The van der Waals surface area contributed by atoms with E-state index in [1.165, 1.54) is 8.61 Å². The molecule has 1 aliphatic rings. The van der Waals surface area contributed by atoms with Crippen molar-refractivity contribution in [1.29, 1.82) is 0 Å². The van der Waals surface area contributed by atoms with E-state index in [1.54, 1.807) is 6.07 Å².